The molecule has 2 heteroatoms. The van der Waals surface area contributed by atoms with E-state index in [1.165, 1.54) is 51.4 Å². The molecule has 0 amide bonds. The zero-order valence-corrected chi connectivity index (χ0v) is 15.7. The summed E-state index contributed by atoms with van der Waals surface area (Å²) in [6.45, 7) is 2.24. The summed E-state index contributed by atoms with van der Waals surface area (Å²) in [6, 6.07) is 0. The summed E-state index contributed by atoms with van der Waals surface area (Å²) in [5.41, 5.74) is 0. The van der Waals surface area contributed by atoms with E-state index >= 15 is 0 Å². The molecule has 138 valence electrons. The van der Waals surface area contributed by atoms with Gasteiger partial charge >= 0.3 is 5.97 Å². The number of allylic oxidation sites excluding steroid dienone is 6. The molecule has 0 aliphatic rings. The van der Waals surface area contributed by atoms with E-state index in [9.17, 15) is 4.79 Å². The first-order valence-electron chi connectivity index (χ1n) is 9.94. The van der Waals surface area contributed by atoms with E-state index < -0.39 is 5.97 Å². The number of carboxylic acid groups (broad SMARTS) is 1. The van der Waals surface area contributed by atoms with E-state index in [-0.39, 0.29) is 0 Å². The van der Waals surface area contributed by atoms with Crippen LogP contribution in [0.1, 0.15) is 96.8 Å². The van der Waals surface area contributed by atoms with E-state index in [1.54, 1.807) is 0 Å². The third kappa shape index (κ3) is 20.7. The van der Waals surface area contributed by atoms with Crippen LogP contribution in [0.25, 0.3) is 0 Å². The van der Waals surface area contributed by atoms with Crippen LogP contribution in [0, 0.1) is 0 Å². The molecule has 0 bridgehead atoms. The monoisotopic (exact) mass is 334 g/mol. The molecule has 2 nitrogen and oxygen atoms in total. The summed E-state index contributed by atoms with van der Waals surface area (Å²) in [5, 5.41) is 8.53. The van der Waals surface area contributed by atoms with Crippen molar-refractivity contribution in [1.82, 2.24) is 0 Å². The van der Waals surface area contributed by atoms with Crippen molar-refractivity contribution >= 4 is 5.97 Å². The Hall–Kier alpha value is -1.31. The number of unbranched alkanes of at least 4 members (excludes halogenated alkanes) is 9. The van der Waals surface area contributed by atoms with Gasteiger partial charge in [-0.05, 0) is 64.2 Å². The Morgan fingerprint density at radius 2 is 1.12 bits per heavy atom. The molecule has 0 saturated carbocycles. The number of aliphatic carboxylic acids is 1. The highest BCUT2D eigenvalue weighted by Crippen LogP contribution is 2.06. The Morgan fingerprint density at radius 1 is 0.667 bits per heavy atom. The minimum Gasteiger partial charge on any atom is -0.481 e. The zero-order chi connectivity index (χ0) is 17.7. The van der Waals surface area contributed by atoms with E-state index in [0.717, 1.165) is 32.1 Å². The van der Waals surface area contributed by atoms with Crippen LogP contribution in [0.3, 0.4) is 0 Å². The Labute approximate surface area is 149 Å². The van der Waals surface area contributed by atoms with Crippen molar-refractivity contribution in [3.05, 3.63) is 36.5 Å². The normalized spacial score (nSPS) is 12.0. The van der Waals surface area contributed by atoms with Crippen molar-refractivity contribution in [2.24, 2.45) is 0 Å². The lowest BCUT2D eigenvalue weighted by Gasteiger charge is -1.96. The van der Waals surface area contributed by atoms with Crippen LogP contribution in [-0.2, 0) is 4.79 Å². The molecule has 0 heterocycles. The van der Waals surface area contributed by atoms with Gasteiger partial charge in [-0.3, -0.25) is 4.79 Å². The summed E-state index contributed by atoms with van der Waals surface area (Å²) in [4.78, 5) is 10.4. The summed E-state index contributed by atoms with van der Waals surface area (Å²) in [6.07, 6.45) is 29.2. The molecule has 0 unspecified atom stereocenters. The van der Waals surface area contributed by atoms with Crippen molar-refractivity contribution in [3.63, 3.8) is 0 Å². The van der Waals surface area contributed by atoms with E-state index in [4.69, 9.17) is 5.11 Å². The highest BCUT2D eigenvalue weighted by Gasteiger charge is 1.94. The number of carboxylic acids is 1. The second-order valence-electron chi connectivity index (χ2n) is 6.42. The van der Waals surface area contributed by atoms with Gasteiger partial charge in [0.05, 0.1) is 0 Å². The summed E-state index contributed by atoms with van der Waals surface area (Å²) in [5.74, 6) is -0.678. The van der Waals surface area contributed by atoms with E-state index in [2.05, 4.69) is 43.4 Å². The lowest BCUT2D eigenvalue weighted by Crippen LogP contribution is -1.93. The Kier molecular flexibility index (Phi) is 18.7. The number of hydrogen-bond acceptors (Lipinski definition) is 1. The lowest BCUT2D eigenvalue weighted by molar-refractivity contribution is -0.137. The van der Waals surface area contributed by atoms with Gasteiger partial charge in [0.1, 0.15) is 0 Å². The van der Waals surface area contributed by atoms with Crippen LogP contribution >= 0.6 is 0 Å². The minimum atomic E-state index is -0.678. The minimum absolute atomic E-state index is 0.311. The van der Waals surface area contributed by atoms with Gasteiger partial charge in [-0.1, -0.05) is 62.6 Å². The number of hydrogen-bond donors (Lipinski definition) is 1. The molecule has 0 spiro atoms. The van der Waals surface area contributed by atoms with Crippen LogP contribution in [0.5, 0.6) is 0 Å². The molecule has 1 N–H and O–H groups in total. The van der Waals surface area contributed by atoms with Crippen LogP contribution in [0.4, 0.5) is 0 Å². The molecule has 0 rings (SSSR count). The topological polar surface area (TPSA) is 37.3 Å². The zero-order valence-electron chi connectivity index (χ0n) is 15.7. The van der Waals surface area contributed by atoms with Crippen molar-refractivity contribution in [1.29, 1.82) is 0 Å². The lowest BCUT2D eigenvalue weighted by atomic mass is 10.1. The van der Waals surface area contributed by atoms with E-state index in [0.29, 0.717) is 6.42 Å². The SMILES string of the molecule is CCCCC/C=C\C/C=C\CCCC/C=C\CCCCCC(=O)O. The first-order valence-corrected chi connectivity index (χ1v) is 9.94. The molecule has 0 radical (unpaired) electrons. The van der Waals surface area contributed by atoms with Crippen molar-refractivity contribution in [3.8, 4) is 0 Å². The molecule has 0 saturated heterocycles. The first-order chi connectivity index (χ1) is 11.8. The van der Waals surface area contributed by atoms with Gasteiger partial charge in [-0.15, -0.1) is 0 Å². The first kappa shape index (κ1) is 22.7. The quantitative estimate of drug-likeness (QED) is 0.225. The van der Waals surface area contributed by atoms with Gasteiger partial charge in [0, 0.05) is 6.42 Å². The van der Waals surface area contributed by atoms with Crippen LogP contribution in [-0.4, -0.2) is 11.1 Å². The van der Waals surface area contributed by atoms with Gasteiger partial charge in [-0.25, -0.2) is 0 Å². The van der Waals surface area contributed by atoms with E-state index in [1.807, 2.05) is 0 Å². The van der Waals surface area contributed by atoms with Crippen LogP contribution < -0.4 is 0 Å². The third-order valence-corrected chi connectivity index (χ3v) is 4.00. The smallest absolute Gasteiger partial charge is 0.303 e. The maximum Gasteiger partial charge on any atom is 0.303 e. The standard InChI is InChI=1S/C22H38O2/c1-2-3-4-5-6-7-8-9-10-11-12-13-14-15-16-17-18-19-20-21-22(23)24/h6-7,9-10,15-16H,2-5,8,11-14,17-21H2,1H3,(H,23,24)/b7-6-,10-9-,16-15-. The Balaban J connectivity index is 3.24. The second-order valence-corrected chi connectivity index (χ2v) is 6.42. The average molecular weight is 335 g/mol. The maximum absolute atomic E-state index is 10.4. The molecule has 0 aliphatic carbocycles. The number of carbonyl (C=O) groups is 1. The maximum atomic E-state index is 10.4. The van der Waals surface area contributed by atoms with Gasteiger partial charge in [0.15, 0.2) is 0 Å². The average Bonchev–Trinajstić information content (AvgIpc) is 2.56. The van der Waals surface area contributed by atoms with Gasteiger partial charge in [0.25, 0.3) is 0 Å². The predicted molar refractivity (Wildman–Crippen MR) is 105 cm³/mol. The summed E-state index contributed by atoms with van der Waals surface area (Å²) in [7, 11) is 0. The van der Waals surface area contributed by atoms with Gasteiger partial charge < -0.3 is 5.11 Å². The molecule has 0 fully saturated rings. The summed E-state index contributed by atoms with van der Waals surface area (Å²) >= 11 is 0. The molecule has 0 aromatic heterocycles. The highest BCUT2D eigenvalue weighted by molar-refractivity contribution is 5.66. The van der Waals surface area contributed by atoms with Gasteiger partial charge in [-0.2, -0.15) is 0 Å². The second kappa shape index (κ2) is 19.7. The van der Waals surface area contributed by atoms with Crippen molar-refractivity contribution in [2.75, 3.05) is 0 Å². The molecule has 0 aromatic carbocycles. The number of rotatable bonds is 17. The molecule has 0 aromatic rings. The Morgan fingerprint density at radius 3 is 1.62 bits per heavy atom. The highest BCUT2D eigenvalue weighted by atomic mass is 16.4. The Bertz CT molecular complexity index is 353. The van der Waals surface area contributed by atoms with Crippen molar-refractivity contribution < 1.29 is 9.90 Å². The molecular weight excluding hydrogens is 296 g/mol. The van der Waals surface area contributed by atoms with Crippen LogP contribution in [0.15, 0.2) is 36.5 Å². The molecule has 0 aliphatic heterocycles. The summed E-state index contributed by atoms with van der Waals surface area (Å²) < 4.78 is 0. The largest absolute Gasteiger partial charge is 0.481 e. The third-order valence-electron chi connectivity index (χ3n) is 4.00. The van der Waals surface area contributed by atoms with Gasteiger partial charge in [0.2, 0.25) is 0 Å². The fourth-order valence-electron chi connectivity index (χ4n) is 2.49. The molecule has 0 atom stereocenters. The van der Waals surface area contributed by atoms with Crippen molar-refractivity contribution in [2.45, 2.75) is 96.8 Å². The fourth-order valence-corrected chi connectivity index (χ4v) is 2.49. The predicted octanol–water partition coefficient (Wildman–Crippen LogP) is 7.22. The molecular formula is C22H38O2. The fraction of sp³-hybridized carbons (Fsp3) is 0.682. The molecule has 24 heavy (non-hydrogen) atoms. The van der Waals surface area contributed by atoms with Crippen LogP contribution in [0.2, 0.25) is 0 Å².